The van der Waals surface area contributed by atoms with E-state index in [9.17, 15) is 4.79 Å². The largest absolute Gasteiger partial charge is 0.458 e. The van der Waals surface area contributed by atoms with E-state index in [-0.39, 0.29) is 12.6 Å². The summed E-state index contributed by atoms with van der Waals surface area (Å²) in [5.74, 6) is -0.331. The summed E-state index contributed by atoms with van der Waals surface area (Å²) in [5.41, 5.74) is 0.502. The molecule has 0 bridgehead atoms. The van der Waals surface area contributed by atoms with E-state index in [0.29, 0.717) is 12.0 Å². The molecule has 0 aromatic carbocycles. The van der Waals surface area contributed by atoms with Crippen molar-refractivity contribution in [3.8, 4) is 0 Å². The van der Waals surface area contributed by atoms with Gasteiger partial charge >= 0.3 is 5.97 Å². The molecule has 0 aliphatic rings. The Bertz CT molecular complexity index is 147. The van der Waals surface area contributed by atoms with Crippen LogP contribution in [0.5, 0.6) is 0 Å². The zero-order valence-corrected chi connectivity index (χ0v) is 6.22. The van der Waals surface area contributed by atoms with Crippen LogP contribution in [-0.4, -0.2) is 12.6 Å². The summed E-state index contributed by atoms with van der Waals surface area (Å²) in [5, 5.41) is 0. The molecule has 56 valence electrons. The van der Waals surface area contributed by atoms with Crippen LogP contribution in [0.4, 0.5) is 0 Å². The Labute approximate surface area is 61.2 Å². The number of ether oxygens (including phenoxy) is 1. The first-order valence-corrected chi connectivity index (χ1v) is 3.18. The van der Waals surface area contributed by atoms with Crippen LogP contribution in [0.1, 0.15) is 13.3 Å². The summed E-state index contributed by atoms with van der Waals surface area (Å²) in [6, 6.07) is 0. The molecule has 0 aromatic heterocycles. The molecule has 10 heavy (non-hydrogen) atoms. The van der Waals surface area contributed by atoms with Crippen LogP contribution in [0.15, 0.2) is 24.8 Å². The van der Waals surface area contributed by atoms with E-state index in [0.717, 1.165) is 0 Å². The highest BCUT2D eigenvalue weighted by Gasteiger charge is 2.03. The topological polar surface area (TPSA) is 26.3 Å². The highest BCUT2D eigenvalue weighted by molar-refractivity contribution is 5.87. The Hall–Kier alpha value is -1.05. The molecule has 0 N–H and O–H groups in total. The van der Waals surface area contributed by atoms with Crippen molar-refractivity contribution < 1.29 is 9.53 Å². The highest BCUT2D eigenvalue weighted by atomic mass is 16.5. The zero-order chi connectivity index (χ0) is 7.98. The van der Waals surface area contributed by atoms with Gasteiger partial charge in [-0.05, 0) is 6.42 Å². The average Bonchev–Trinajstić information content (AvgIpc) is 1.98. The maximum Gasteiger partial charge on any atom is 0.333 e. The second-order valence-electron chi connectivity index (χ2n) is 1.84. The molecule has 2 heteroatoms. The summed E-state index contributed by atoms with van der Waals surface area (Å²) in [4.78, 5) is 10.8. The van der Waals surface area contributed by atoms with E-state index in [1.807, 2.05) is 6.92 Å². The molecule has 0 radical (unpaired) electrons. The zero-order valence-electron chi connectivity index (χ0n) is 6.22. The van der Waals surface area contributed by atoms with Crippen LogP contribution in [0.2, 0.25) is 0 Å². The molecule has 0 saturated heterocycles. The van der Waals surface area contributed by atoms with Crippen LogP contribution < -0.4 is 0 Å². The quantitative estimate of drug-likeness (QED) is 0.337. The molecular weight excluding hydrogens is 128 g/mol. The minimum atomic E-state index is -0.331. The third-order valence-corrected chi connectivity index (χ3v) is 1.05. The molecule has 0 heterocycles. The molecule has 2 nitrogen and oxygen atoms in total. The summed E-state index contributed by atoms with van der Waals surface area (Å²) in [7, 11) is 0. The lowest BCUT2D eigenvalue weighted by Crippen LogP contribution is -2.05. The second-order valence-corrected chi connectivity index (χ2v) is 1.84. The van der Waals surface area contributed by atoms with E-state index < -0.39 is 0 Å². The summed E-state index contributed by atoms with van der Waals surface area (Å²) in [6.45, 7) is 9.05. The molecule has 0 saturated carbocycles. The van der Waals surface area contributed by atoms with Gasteiger partial charge < -0.3 is 4.74 Å². The lowest BCUT2D eigenvalue weighted by Gasteiger charge is -2.00. The van der Waals surface area contributed by atoms with Gasteiger partial charge in [-0.15, -0.1) is 0 Å². The highest BCUT2D eigenvalue weighted by Crippen LogP contribution is 1.98. The first-order valence-electron chi connectivity index (χ1n) is 3.18. The van der Waals surface area contributed by atoms with Crippen molar-refractivity contribution in [3.63, 3.8) is 0 Å². The fourth-order valence-corrected chi connectivity index (χ4v) is 0.381. The molecule has 0 fully saturated rings. The van der Waals surface area contributed by atoms with Gasteiger partial charge in [0.05, 0.1) is 0 Å². The first kappa shape index (κ1) is 8.95. The normalized spacial score (nSPS) is 8.50. The van der Waals surface area contributed by atoms with E-state index in [2.05, 4.69) is 17.9 Å². The van der Waals surface area contributed by atoms with Gasteiger partial charge in [-0.3, -0.25) is 0 Å². The van der Waals surface area contributed by atoms with Crippen molar-refractivity contribution in [1.82, 2.24) is 0 Å². The second kappa shape index (κ2) is 4.79. The Morgan fingerprint density at radius 2 is 2.30 bits per heavy atom. The number of esters is 1. The third kappa shape index (κ3) is 3.07. The fourth-order valence-electron chi connectivity index (χ4n) is 0.381. The minimum Gasteiger partial charge on any atom is -0.458 e. The van der Waals surface area contributed by atoms with Gasteiger partial charge in [0.15, 0.2) is 0 Å². The van der Waals surface area contributed by atoms with Gasteiger partial charge in [-0.1, -0.05) is 26.2 Å². The van der Waals surface area contributed by atoms with Crippen LogP contribution in [0.3, 0.4) is 0 Å². The monoisotopic (exact) mass is 140 g/mol. The Morgan fingerprint density at radius 1 is 1.70 bits per heavy atom. The average molecular weight is 140 g/mol. The first-order chi connectivity index (χ1) is 4.72. The van der Waals surface area contributed by atoms with Crippen molar-refractivity contribution in [1.29, 1.82) is 0 Å². The molecule has 0 atom stereocenters. The number of hydrogen-bond donors (Lipinski definition) is 0. The molecule has 0 rings (SSSR count). The van der Waals surface area contributed by atoms with Gasteiger partial charge in [0.1, 0.15) is 6.61 Å². The van der Waals surface area contributed by atoms with Crippen LogP contribution in [-0.2, 0) is 9.53 Å². The van der Waals surface area contributed by atoms with Gasteiger partial charge in [-0.2, -0.15) is 0 Å². The van der Waals surface area contributed by atoms with Gasteiger partial charge in [-0.25, -0.2) is 4.79 Å². The van der Waals surface area contributed by atoms with Crippen molar-refractivity contribution in [3.05, 3.63) is 24.8 Å². The van der Waals surface area contributed by atoms with Gasteiger partial charge in [0.25, 0.3) is 0 Å². The molecule has 0 aliphatic carbocycles. The van der Waals surface area contributed by atoms with E-state index in [1.54, 1.807) is 0 Å². The fraction of sp³-hybridized carbons (Fsp3) is 0.375. The maximum absolute atomic E-state index is 10.8. The smallest absolute Gasteiger partial charge is 0.333 e. The SMILES string of the molecule is C=CCOC(=O)C(=C)CC. The molecule has 0 aliphatic heterocycles. The number of hydrogen-bond acceptors (Lipinski definition) is 2. The Morgan fingerprint density at radius 3 is 2.70 bits per heavy atom. The predicted octanol–water partition coefficient (Wildman–Crippen LogP) is 1.68. The number of rotatable bonds is 4. The minimum absolute atomic E-state index is 0.262. The van der Waals surface area contributed by atoms with Crippen molar-refractivity contribution in [2.45, 2.75) is 13.3 Å². The van der Waals surface area contributed by atoms with Crippen LogP contribution in [0.25, 0.3) is 0 Å². The summed E-state index contributed by atoms with van der Waals surface area (Å²) in [6.07, 6.45) is 2.16. The van der Waals surface area contributed by atoms with Crippen molar-refractivity contribution >= 4 is 5.97 Å². The Balaban J connectivity index is 3.62. The van der Waals surface area contributed by atoms with Gasteiger partial charge in [0, 0.05) is 5.57 Å². The summed E-state index contributed by atoms with van der Waals surface area (Å²) >= 11 is 0. The third-order valence-electron chi connectivity index (χ3n) is 1.05. The van der Waals surface area contributed by atoms with Crippen molar-refractivity contribution in [2.75, 3.05) is 6.61 Å². The van der Waals surface area contributed by atoms with E-state index in [1.165, 1.54) is 6.08 Å². The number of carbonyl (C=O) groups excluding carboxylic acids is 1. The van der Waals surface area contributed by atoms with E-state index >= 15 is 0 Å². The summed E-state index contributed by atoms with van der Waals surface area (Å²) < 4.78 is 4.69. The standard InChI is InChI=1S/C8H12O2/c1-4-6-10-8(9)7(3)5-2/h4H,1,3,5-6H2,2H3. The number of carbonyl (C=O) groups is 1. The molecule has 0 unspecified atom stereocenters. The predicted molar refractivity (Wildman–Crippen MR) is 40.6 cm³/mol. The molecular formula is C8H12O2. The lowest BCUT2D eigenvalue weighted by molar-refractivity contribution is -0.137. The van der Waals surface area contributed by atoms with Crippen LogP contribution >= 0.6 is 0 Å². The molecule has 0 amide bonds. The van der Waals surface area contributed by atoms with Crippen molar-refractivity contribution in [2.24, 2.45) is 0 Å². The van der Waals surface area contributed by atoms with Gasteiger partial charge in [0.2, 0.25) is 0 Å². The Kier molecular flexibility index (Phi) is 4.29. The molecule has 0 spiro atoms. The van der Waals surface area contributed by atoms with Crippen LogP contribution in [0, 0.1) is 0 Å². The lowest BCUT2D eigenvalue weighted by atomic mass is 10.2. The maximum atomic E-state index is 10.8. The molecule has 0 aromatic rings. The van der Waals surface area contributed by atoms with E-state index in [4.69, 9.17) is 0 Å².